The average Bonchev–Trinajstić information content (AvgIpc) is 3.20. The van der Waals surface area contributed by atoms with Crippen molar-refractivity contribution in [1.82, 2.24) is 35.5 Å². The summed E-state index contributed by atoms with van der Waals surface area (Å²) in [5, 5.41) is 10.0. The molecule has 17 nitrogen and oxygen atoms in total. The SMILES string of the molecule is CCC(N)C(=O)C(=O)NC(=O)CN(C(=O)[C@H](CC1CCCCC1)NC(=O)[C@@H](NC(=O)[C@H](CC(C)C)NC(=O)c1cnccn1)[C@@H](C)CC)S(=O)(=O)Cc1ccccc1. The van der Waals surface area contributed by atoms with E-state index in [-0.39, 0.29) is 36.8 Å². The number of benzene rings is 1. The van der Waals surface area contributed by atoms with Crippen LogP contribution in [-0.4, -0.2) is 94.6 Å². The van der Waals surface area contributed by atoms with Crippen LogP contribution < -0.4 is 27.0 Å². The van der Waals surface area contributed by atoms with E-state index < -0.39 is 93.6 Å². The van der Waals surface area contributed by atoms with Crippen molar-refractivity contribution in [2.45, 2.75) is 122 Å². The second kappa shape index (κ2) is 22.7. The number of ketones is 1. The Hall–Kier alpha value is -5.10. The summed E-state index contributed by atoms with van der Waals surface area (Å²) in [5.41, 5.74) is 5.96. The van der Waals surface area contributed by atoms with Crippen molar-refractivity contribution in [1.29, 1.82) is 0 Å². The van der Waals surface area contributed by atoms with Crippen LogP contribution in [0.2, 0.25) is 0 Å². The summed E-state index contributed by atoms with van der Waals surface area (Å²) in [4.78, 5) is 102. The van der Waals surface area contributed by atoms with Gasteiger partial charge in [0.1, 0.15) is 30.4 Å². The van der Waals surface area contributed by atoms with E-state index in [4.69, 9.17) is 5.73 Å². The number of sulfonamides is 1. The summed E-state index contributed by atoms with van der Waals surface area (Å²) in [7, 11) is -4.65. The summed E-state index contributed by atoms with van der Waals surface area (Å²) < 4.78 is 28.5. The van der Waals surface area contributed by atoms with E-state index in [1.54, 1.807) is 39.0 Å². The first-order valence-corrected chi connectivity index (χ1v) is 21.5. The lowest BCUT2D eigenvalue weighted by Crippen LogP contribution is -2.60. The van der Waals surface area contributed by atoms with Gasteiger partial charge >= 0.3 is 0 Å². The Labute approximate surface area is 340 Å². The molecule has 1 aromatic carbocycles. The normalized spacial score (nSPS) is 15.8. The molecule has 18 heteroatoms. The van der Waals surface area contributed by atoms with Crippen LogP contribution in [0.3, 0.4) is 0 Å². The maximum atomic E-state index is 14.6. The molecule has 0 saturated heterocycles. The Morgan fingerprint density at radius 3 is 2.12 bits per heavy atom. The second-order valence-corrected chi connectivity index (χ2v) is 17.2. The maximum absolute atomic E-state index is 14.6. The molecule has 1 aliphatic carbocycles. The van der Waals surface area contributed by atoms with Crippen molar-refractivity contribution in [2.75, 3.05) is 6.54 Å². The minimum atomic E-state index is -4.65. The number of nitrogens with two attached hydrogens (primary N) is 1. The smallest absolute Gasteiger partial charge is 0.295 e. The summed E-state index contributed by atoms with van der Waals surface area (Å²) in [6.45, 7) is 7.65. The first-order valence-electron chi connectivity index (χ1n) is 19.9. The fraction of sp³-hybridized carbons (Fsp3) is 0.575. The zero-order valence-electron chi connectivity index (χ0n) is 33.9. The van der Waals surface area contributed by atoms with Gasteiger partial charge in [-0.3, -0.25) is 43.9 Å². The zero-order valence-corrected chi connectivity index (χ0v) is 34.8. The minimum Gasteiger partial charge on any atom is -0.342 e. The van der Waals surface area contributed by atoms with E-state index in [0.29, 0.717) is 29.1 Å². The van der Waals surface area contributed by atoms with Gasteiger partial charge in [0.15, 0.2) is 0 Å². The number of nitrogens with one attached hydrogen (secondary N) is 4. The third kappa shape index (κ3) is 14.4. The van der Waals surface area contributed by atoms with Crippen LogP contribution in [0.25, 0.3) is 0 Å². The molecule has 1 aromatic heterocycles. The van der Waals surface area contributed by atoms with Crippen LogP contribution in [0.15, 0.2) is 48.9 Å². The molecule has 1 heterocycles. The van der Waals surface area contributed by atoms with Gasteiger partial charge in [-0.2, -0.15) is 0 Å². The molecule has 1 unspecified atom stereocenters. The molecule has 1 saturated carbocycles. The van der Waals surface area contributed by atoms with E-state index in [1.807, 2.05) is 19.2 Å². The molecule has 2 aromatic rings. The summed E-state index contributed by atoms with van der Waals surface area (Å²) in [5.74, 6) is -8.24. The predicted octanol–water partition coefficient (Wildman–Crippen LogP) is 1.92. The monoisotopic (exact) mass is 826 g/mol. The molecule has 6 N–H and O–H groups in total. The molecule has 0 bridgehead atoms. The van der Waals surface area contributed by atoms with E-state index >= 15 is 0 Å². The van der Waals surface area contributed by atoms with Crippen LogP contribution in [0.4, 0.5) is 0 Å². The highest BCUT2D eigenvalue weighted by molar-refractivity contribution is 7.88. The number of amides is 6. The topological polar surface area (TPSA) is 257 Å². The first-order chi connectivity index (χ1) is 27.5. The quantitative estimate of drug-likeness (QED) is 0.113. The lowest BCUT2D eigenvalue weighted by Gasteiger charge is -2.32. The highest BCUT2D eigenvalue weighted by Crippen LogP contribution is 2.28. The van der Waals surface area contributed by atoms with Crippen LogP contribution in [0, 0.1) is 17.8 Å². The van der Waals surface area contributed by atoms with E-state index in [9.17, 15) is 42.0 Å². The summed E-state index contributed by atoms with van der Waals surface area (Å²) in [6.07, 6.45) is 8.85. The molecule has 5 atom stereocenters. The van der Waals surface area contributed by atoms with Crippen molar-refractivity contribution >= 4 is 51.2 Å². The van der Waals surface area contributed by atoms with Crippen LogP contribution >= 0.6 is 0 Å². The number of carbonyl (C=O) groups is 7. The van der Waals surface area contributed by atoms with Crippen molar-refractivity contribution in [2.24, 2.45) is 23.5 Å². The number of hydrogen-bond acceptors (Lipinski definition) is 12. The van der Waals surface area contributed by atoms with Gasteiger partial charge in [-0.15, -0.1) is 0 Å². The lowest BCUT2D eigenvalue weighted by atomic mass is 9.84. The molecule has 0 aliphatic heterocycles. The van der Waals surface area contributed by atoms with Crippen LogP contribution in [-0.2, 0) is 44.5 Å². The standard InChI is InChI=1S/C40H58N8O9S/c1-6-26(5)34(47-36(51)30(20-25(3)4)44-37(52)32-22-42-18-19-43-32)38(53)45-31(21-27-14-10-8-11-15-27)40(55)48(58(56,57)24-28-16-12-9-13-17-28)23-33(49)46-39(54)35(50)29(41)7-2/h9,12-13,16-19,22,25-27,29-31,34H,6-8,10-11,14-15,20-21,23-24,41H2,1-5H3,(H,44,52)(H,45,53)(H,47,51)(H,46,49,54)/t26-,29?,30-,31-,34-/m0/s1. The van der Waals surface area contributed by atoms with E-state index in [1.165, 1.54) is 30.7 Å². The van der Waals surface area contributed by atoms with Gasteiger partial charge in [0.2, 0.25) is 33.5 Å². The molecule has 1 aliphatic rings. The number of imide groups is 1. The molecule has 58 heavy (non-hydrogen) atoms. The molecule has 3 rings (SSSR count). The van der Waals surface area contributed by atoms with Crippen molar-refractivity contribution in [3.05, 3.63) is 60.2 Å². The molecule has 0 spiro atoms. The molecular formula is C40H58N8O9S. The summed E-state index contributed by atoms with van der Waals surface area (Å²) >= 11 is 0. The summed E-state index contributed by atoms with van der Waals surface area (Å²) in [6, 6.07) is 2.95. The predicted molar refractivity (Wildman–Crippen MR) is 214 cm³/mol. The molecule has 0 radical (unpaired) electrons. The van der Waals surface area contributed by atoms with Gasteiger partial charge in [-0.25, -0.2) is 17.7 Å². The highest BCUT2D eigenvalue weighted by atomic mass is 32.2. The van der Waals surface area contributed by atoms with Gasteiger partial charge in [-0.1, -0.05) is 103 Å². The Kier molecular flexibility index (Phi) is 18.5. The van der Waals surface area contributed by atoms with Crippen LogP contribution in [0.1, 0.15) is 108 Å². The third-order valence-corrected chi connectivity index (χ3v) is 11.8. The number of rotatable bonds is 21. The Morgan fingerprint density at radius 1 is 0.862 bits per heavy atom. The van der Waals surface area contributed by atoms with Gasteiger partial charge in [0, 0.05) is 12.4 Å². The number of carbonyl (C=O) groups excluding carboxylic acids is 7. The van der Waals surface area contributed by atoms with Crippen molar-refractivity contribution in [3.63, 3.8) is 0 Å². The second-order valence-electron chi connectivity index (χ2n) is 15.3. The molecular weight excluding hydrogens is 769 g/mol. The Balaban J connectivity index is 1.98. The first kappa shape index (κ1) is 47.3. The fourth-order valence-electron chi connectivity index (χ4n) is 6.61. The number of hydrogen-bond donors (Lipinski definition) is 5. The maximum Gasteiger partial charge on any atom is 0.295 e. The van der Waals surface area contributed by atoms with E-state index in [0.717, 1.165) is 19.3 Å². The zero-order chi connectivity index (χ0) is 43.0. The van der Waals surface area contributed by atoms with Gasteiger partial charge in [0.05, 0.1) is 18.0 Å². The van der Waals surface area contributed by atoms with Crippen LogP contribution in [0.5, 0.6) is 0 Å². The van der Waals surface area contributed by atoms with Crippen molar-refractivity contribution < 1.29 is 42.0 Å². The Bertz CT molecular complexity index is 1840. The fourth-order valence-corrected chi connectivity index (χ4v) is 8.09. The van der Waals surface area contributed by atoms with Gasteiger partial charge in [0.25, 0.3) is 17.7 Å². The van der Waals surface area contributed by atoms with Gasteiger partial charge in [-0.05, 0) is 42.6 Å². The molecule has 6 amide bonds. The largest absolute Gasteiger partial charge is 0.342 e. The number of nitrogens with zero attached hydrogens (tertiary/aromatic N) is 3. The van der Waals surface area contributed by atoms with Crippen molar-refractivity contribution in [3.8, 4) is 0 Å². The number of aromatic nitrogens is 2. The molecule has 1 fully saturated rings. The van der Waals surface area contributed by atoms with Gasteiger partial charge < -0.3 is 21.7 Å². The minimum absolute atomic E-state index is 0.00899. The molecule has 318 valence electrons. The highest BCUT2D eigenvalue weighted by Gasteiger charge is 2.39. The Morgan fingerprint density at radius 2 is 1.53 bits per heavy atom. The number of Topliss-reactive ketones (excluding diaryl/α,β-unsaturated/α-hetero) is 1. The third-order valence-electron chi connectivity index (χ3n) is 10.1. The average molecular weight is 827 g/mol. The lowest BCUT2D eigenvalue weighted by molar-refractivity contribution is -0.142. The van der Waals surface area contributed by atoms with E-state index in [2.05, 4.69) is 25.9 Å².